The van der Waals surface area contributed by atoms with Gasteiger partial charge in [0.2, 0.25) is 11.8 Å². The second-order valence-corrected chi connectivity index (χ2v) is 14.2. The summed E-state index contributed by atoms with van der Waals surface area (Å²) in [6, 6.07) is 28.0. The Labute approximate surface area is 282 Å². The van der Waals surface area contributed by atoms with Crippen molar-refractivity contribution < 1.29 is 27.5 Å². The van der Waals surface area contributed by atoms with Crippen molar-refractivity contribution in [3.05, 3.63) is 119 Å². The molecule has 0 radical (unpaired) electrons. The predicted octanol–water partition coefficient (Wildman–Crippen LogP) is 6.11. The molecule has 2 amide bonds. The molecule has 11 heteroatoms. The number of hydrogen-bond donors (Lipinski definition) is 1. The highest BCUT2D eigenvalue weighted by Crippen LogP contribution is 2.32. The monoisotopic (exact) mass is 677 g/mol. The maximum Gasteiger partial charge on any atom is 0.264 e. The second-order valence-electron chi connectivity index (χ2n) is 11.9. The molecule has 0 aliphatic rings. The number of methoxy groups -OCH3 is 2. The smallest absolute Gasteiger partial charge is 0.264 e. The van der Waals surface area contributed by atoms with Gasteiger partial charge in [0.1, 0.15) is 12.6 Å². The lowest BCUT2D eigenvalue weighted by atomic mass is 10.0. The molecule has 0 spiro atoms. The number of nitrogens with one attached hydrogen (secondary N) is 1. The van der Waals surface area contributed by atoms with Crippen LogP contribution in [0.5, 0.6) is 11.5 Å². The highest BCUT2D eigenvalue weighted by Gasteiger charge is 2.36. The number of hydrogen-bond acceptors (Lipinski definition) is 6. The fourth-order valence-electron chi connectivity index (χ4n) is 5.04. The number of benzene rings is 4. The van der Waals surface area contributed by atoms with E-state index in [1.807, 2.05) is 51.1 Å². The van der Waals surface area contributed by atoms with Gasteiger partial charge in [0.15, 0.2) is 11.5 Å². The number of ether oxygens (including phenoxy) is 2. The molecule has 0 aromatic heterocycles. The summed E-state index contributed by atoms with van der Waals surface area (Å²) in [5, 5.41) is 3.43. The van der Waals surface area contributed by atoms with E-state index in [0.717, 1.165) is 9.87 Å². The van der Waals surface area contributed by atoms with Crippen LogP contribution >= 0.6 is 11.6 Å². The molecule has 1 atom stereocenters. The minimum atomic E-state index is -4.33. The first kappa shape index (κ1) is 35.3. The fraction of sp³-hybridized carbons (Fsp3) is 0.278. The van der Waals surface area contributed by atoms with Crippen molar-refractivity contribution in [2.75, 3.05) is 25.1 Å². The van der Waals surface area contributed by atoms with Crippen molar-refractivity contribution >= 4 is 39.1 Å². The van der Waals surface area contributed by atoms with Crippen molar-refractivity contribution in [1.29, 1.82) is 0 Å². The number of carbonyl (C=O) groups excluding carboxylic acids is 2. The van der Waals surface area contributed by atoms with Crippen LogP contribution < -0.4 is 19.1 Å². The van der Waals surface area contributed by atoms with Gasteiger partial charge in [-0.3, -0.25) is 13.9 Å². The number of anilines is 1. The molecule has 0 bridgehead atoms. The minimum Gasteiger partial charge on any atom is -0.493 e. The van der Waals surface area contributed by atoms with Gasteiger partial charge in [0.05, 0.1) is 24.8 Å². The number of halogens is 1. The third-order valence-electron chi connectivity index (χ3n) is 7.33. The highest BCUT2D eigenvalue weighted by molar-refractivity contribution is 7.92. The minimum absolute atomic E-state index is 0.0351. The molecule has 9 nitrogen and oxygen atoms in total. The van der Waals surface area contributed by atoms with Crippen molar-refractivity contribution in [3.8, 4) is 11.5 Å². The van der Waals surface area contributed by atoms with Crippen LogP contribution in [0.4, 0.5) is 5.69 Å². The summed E-state index contributed by atoms with van der Waals surface area (Å²) in [5.41, 5.74) is 1.11. The van der Waals surface area contributed by atoms with E-state index in [1.165, 1.54) is 37.3 Å². The Morgan fingerprint density at radius 1 is 0.830 bits per heavy atom. The molecule has 47 heavy (non-hydrogen) atoms. The van der Waals surface area contributed by atoms with E-state index in [0.29, 0.717) is 16.3 Å². The van der Waals surface area contributed by atoms with Gasteiger partial charge in [-0.25, -0.2) is 8.42 Å². The largest absolute Gasteiger partial charge is 0.493 e. The summed E-state index contributed by atoms with van der Waals surface area (Å²) in [7, 11) is -1.47. The zero-order chi connectivity index (χ0) is 34.2. The number of para-hydroxylation sites is 1. The lowest BCUT2D eigenvalue weighted by Gasteiger charge is -2.35. The van der Waals surface area contributed by atoms with E-state index < -0.39 is 34.1 Å². The van der Waals surface area contributed by atoms with Gasteiger partial charge in [-0.1, -0.05) is 78.3 Å². The van der Waals surface area contributed by atoms with Gasteiger partial charge in [-0.2, -0.15) is 0 Å². The average Bonchev–Trinajstić information content (AvgIpc) is 3.05. The molecule has 4 aromatic rings. The maximum atomic E-state index is 14.6. The molecular formula is C36H40ClN3O6S. The van der Waals surface area contributed by atoms with Crippen LogP contribution in [0.2, 0.25) is 5.02 Å². The van der Waals surface area contributed by atoms with Crippen LogP contribution in [-0.4, -0.2) is 57.5 Å². The summed E-state index contributed by atoms with van der Waals surface area (Å²) in [6.07, 6.45) is 0.187. The average molecular weight is 678 g/mol. The van der Waals surface area contributed by atoms with Gasteiger partial charge < -0.3 is 19.7 Å². The van der Waals surface area contributed by atoms with E-state index in [1.54, 1.807) is 54.6 Å². The normalized spacial score (nSPS) is 12.1. The summed E-state index contributed by atoms with van der Waals surface area (Å²) >= 11 is 6.56. The number of amides is 2. The van der Waals surface area contributed by atoms with Crippen LogP contribution in [-0.2, 0) is 32.6 Å². The highest BCUT2D eigenvalue weighted by atomic mass is 35.5. The molecule has 0 saturated carbocycles. The van der Waals surface area contributed by atoms with E-state index in [4.69, 9.17) is 21.1 Å². The molecule has 0 heterocycles. The Morgan fingerprint density at radius 2 is 1.43 bits per heavy atom. The Balaban J connectivity index is 1.83. The van der Waals surface area contributed by atoms with Crippen LogP contribution in [0.1, 0.15) is 31.9 Å². The molecule has 1 N–H and O–H groups in total. The lowest BCUT2D eigenvalue weighted by Crippen LogP contribution is -2.56. The zero-order valence-electron chi connectivity index (χ0n) is 27.1. The maximum absolute atomic E-state index is 14.6. The van der Waals surface area contributed by atoms with Crippen LogP contribution in [0.3, 0.4) is 0 Å². The first-order valence-electron chi connectivity index (χ1n) is 15.0. The van der Waals surface area contributed by atoms with E-state index in [2.05, 4.69) is 5.32 Å². The van der Waals surface area contributed by atoms with Crippen molar-refractivity contribution in [2.45, 2.75) is 50.2 Å². The molecule has 0 aliphatic carbocycles. The number of sulfonamides is 1. The van der Waals surface area contributed by atoms with E-state index >= 15 is 0 Å². The van der Waals surface area contributed by atoms with Gasteiger partial charge in [0.25, 0.3) is 10.0 Å². The number of carbonyl (C=O) groups is 2. The van der Waals surface area contributed by atoms with E-state index in [-0.39, 0.29) is 35.2 Å². The Kier molecular flexibility index (Phi) is 11.5. The van der Waals surface area contributed by atoms with Crippen LogP contribution in [0.15, 0.2) is 108 Å². The quantitative estimate of drug-likeness (QED) is 0.183. The molecule has 0 fully saturated rings. The molecule has 0 aliphatic heterocycles. The number of nitrogens with zero attached hydrogens (tertiary/aromatic N) is 2. The summed E-state index contributed by atoms with van der Waals surface area (Å²) in [6.45, 7) is 4.94. The van der Waals surface area contributed by atoms with Gasteiger partial charge in [-0.05, 0) is 62.2 Å². The van der Waals surface area contributed by atoms with Crippen LogP contribution in [0, 0.1) is 0 Å². The first-order chi connectivity index (χ1) is 22.3. The van der Waals surface area contributed by atoms with Gasteiger partial charge in [0, 0.05) is 29.6 Å². The molecule has 0 unspecified atom stereocenters. The second kappa shape index (κ2) is 15.4. The summed E-state index contributed by atoms with van der Waals surface area (Å²) in [5.74, 6) is -0.401. The van der Waals surface area contributed by atoms with Crippen molar-refractivity contribution in [1.82, 2.24) is 10.2 Å². The van der Waals surface area contributed by atoms with Gasteiger partial charge in [-0.15, -0.1) is 0 Å². The van der Waals surface area contributed by atoms with Crippen molar-refractivity contribution in [2.24, 2.45) is 0 Å². The van der Waals surface area contributed by atoms with Crippen molar-refractivity contribution in [3.63, 3.8) is 0 Å². The van der Waals surface area contributed by atoms with E-state index in [9.17, 15) is 18.0 Å². The Hall–Kier alpha value is -4.54. The Morgan fingerprint density at radius 3 is 2.02 bits per heavy atom. The third-order valence-corrected chi connectivity index (χ3v) is 9.47. The zero-order valence-corrected chi connectivity index (χ0v) is 28.7. The molecule has 4 aromatic carbocycles. The molecule has 4 rings (SSSR count). The first-order valence-corrected chi connectivity index (χ1v) is 16.8. The topological polar surface area (TPSA) is 105 Å². The molecule has 0 saturated heterocycles. The summed E-state index contributed by atoms with van der Waals surface area (Å²) in [4.78, 5) is 29.9. The Bertz CT molecular complexity index is 1780. The van der Waals surface area contributed by atoms with Crippen LogP contribution in [0.25, 0.3) is 0 Å². The summed E-state index contributed by atoms with van der Waals surface area (Å²) < 4.78 is 40.3. The SMILES string of the molecule is COc1ccc(S(=O)(=O)N(CC(=O)N(Cc2ccccc2Cl)[C@@H](Cc2ccccc2)C(=O)NC(C)(C)C)c2ccccc2)cc1OC. The third kappa shape index (κ3) is 9.05. The molecule has 248 valence electrons. The van der Waals surface area contributed by atoms with Gasteiger partial charge >= 0.3 is 0 Å². The fourth-order valence-corrected chi connectivity index (χ4v) is 6.67. The predicted molar refractivity (Wildman–Crippen MR) is 184 cm³/mol. The molecular weight excluding hydrogens is 638 g/mol. The number of rotatable bonds is 13. The lowest BCUT2D eigenvalue weighted by molar-refractivity contribution is -0.140. The standard InChI is InChI=1S/C36H40ClN3O6S/c1-36(2,3)38-35(42)31(22-26-14-8-6-9-15-26)39(24-27-16-12-13-19-30(27)37)34(41)25-40(28-17-10-7-11-18-28)47(43,44)29-20-21-32(45-4)33(23-29)46-5/h6-21,23,31H,22,24-25H2,1-5H3,(H,38,42)/t31-/m0/s1.